The summed E-state index contributed by atoms with van der Waals surface area (Å²) >= 11 is 0. The van der Waals surface area contributed by atoms with Gasteiger partial charge in [-0.3, -0.25) is 0 Å². The number of piperidine rings is 1. The van der Waals surface area contributed by atoms with E-state index in [9.17, 15) is 8.42 Å². The number of fused-ring (bicyclic) bond motifs is 2. The molecule has 6 rings (SSSR count). The summed E-state index contributed by atoms with van der Waals surface area (Å²) in [6.45, 7) is 2.27. The third-order valence-corrected chi connectivity index (χ3v) is 8.02. The standard InChI is InChI=1S/C24H25N7O4S/c1-34-17-12-25-24(26-13-17)30-8-5-15(6-9-30)20-21-22(35-29-20)23(28-14-27-21)31-10-7-16-11-18(36(2,32)33)3-4-19(16)31/h3-4,11-15H,5-10H2,1-2H3. The van der Waals surface area contributed by atoms with Gasteiger partial charge in [-0.2, -0.15) is 0 Å². The number of rotatable bonds is 5. The summed E-state index contributed by atoms with van der Waals surface area (Å²) in [6, 6.07) is 5.22. The third kappa shape index (κ3) is 3.91. The molecule has 0 spiro atoms. The summed E-state index contributed by atoms with van der Waals surface area (Å²) in [5, 5.41) is 4.42. The molecule has 4 aromatic rings. The van der Waals surface area contributed by atoms with Crippen molar-refractivity contribution in [2.75, 3.05) is 42.8 Å². The molecule has 36 heavy (non-hydrogen) atoms. The molecule has 0 aliphatic carbocycles. The quantitative estimate of drug-likeness (QED) is 0.395. The second-order valence-corrected chi connectivity index (χ2v) is 11.1. The molecule has 0 unspecified atom stereocenters. The van der Waals surface area contributed by atoms with Crippen LogP contribution in [0.4, 0.5) is 17.5 Å². The molecule has 1 fully saturated rings. The lowest BCUT2D eigenvalue weighted by Gasteiger charge is -2.31. The molecule has 186 valence electrons. The molecule has 12 heteroatoms. The summed E-state index contributed by atoms with van der Waals surface area (Å²) in [7, 11) is -1.67. The largest absolute Gasteiger partial charge is 0.494 e. The Bertz CT molecular complexity index is 1530. The number of ether oxygens (including phenoxy) is 1. The fourth-order valence-electron chi connectivity index (χ4n) is 4.99. The van der Waals surface area contributed by atoms with E-state index in [1.807, 2.05) is 11.0 Å². The predicted molar refractivity (Wildman–Crippen MR) is 133 cm³/mol. The molecule has 2 aliphatic rings. The van der Waals surface area contributed by atoms with Gasteiger partial charge in [0, 0.05) is 37.5 Å². The number of sulfone groups is 1. The Morgan fingerprint density at radius 2 is 1.83 bits per heavy atom. The zero-order valence-corrected chi connectivity index (χ0v) is 20.8. The number of aromatic nitrogens is 5. The van der Waals surface area contributed by atoms with E-state index in [-0.39, 0.29) is 5.92 Å². The molecule has 5 heterocycles. The molecule has 1 saturated heterocycles. The number of hydrogen-bond donors (Lipinski definition) is 0. The van der Waals surface area contributed by atoms with Crippen molar-refractivity contribution in [3.8, 4) is 5.75 Å². The number of hydrogen-bond acceptors (Lipinski definition) is 11. The van der Waals surface area contributed by atoms with Crippen LogP contribution in [0, 0.1) is 0 Å². The van der Waals surface area contributed by atoms with Crippen molar-refractivity contribution in [1.82, 2.24) is 25.1 Å². The number of methoxy groups -OCH3 is 1. The fraction of sp³-hybridized carbons (Fsp3) is 0.375. The Balaban J connectivity index is 1.24. The Hall–Kier alpha value is -3.80. The van der Waals surface area contributed by atoms with E-state index in [0.717, 1.165) is 54.8 Å². The SMILES string of the molecule is COc1cnc(N2CCC(c3noc4c(N5CCc6cc(S(C)(=O)=O)ccc65)ncnc34)CC2)nc1. The minimum Gasteiger partial charge on any atom is -0.494 e. The summed E-state index contributed by atoms with van der Waals surface area (Å²) in [6.07, 6.45) is 8.58. The van der Waals surface area contributed by atoms with Crippen LogP contribution in [-0.2, 0) is 16.3 Å². The van der Waals surface area contributed by atoms with Crippen LogP contribution in [-0.4, -0.2) is 66.5 Å². The molecule has 1 aromatic carbocycles. The van der Waals surface area contributed by atoms with E-state index < -0.39 is 9.84 Å². The molecule has 0 radical (unpaired) electrons. The highest BCUT2D eigenvalue weighted by Gasteiger charge is 2.30. The second kappa shape index (κ2) is 8.70. The minimum atomic E-state index is -3.26. The first-order valence-corrected chi connectivity index (χ1v) is 13.6. The average molecular weight is 508 g/mol. The summed E-state index contributed by atoms with van der Waals surface area (Å²) in [5.41, 5.74) is 4.01. The van der Waals surface area contributed by atoms with Gasteiger partial charge >= 0.3 is 0 Å². The maximum Gasteiger partial charge on any atom is 0.228 e. The monoisotopic (exact) mass is 507 g/mol. The summed E-state index contributed by atoms with van der Waals surface area (Å²) in [5.74, 6) is 2.17. The van der Waals surface area contributed by atoms with Crippen molar-refractivity contribution in [3.05, 3.63) is 48.2 Å². The van der Waals surface area contributed by atoms with Crippen molar-refractivity contribution in [2.45, 2.75) is 30.1 Å². The maximum atomic E-state index is 12.0. The highest BCUT2D eigenvalue weighted by Crippen LogP contribution is 2.40. The van der Waals surface area contributed by atoms with E-state index in [4.69, 9.17) is 9.26 Å². The van der Waals surface area contributed by atoms with Crippen molar-refractivity contribution in [2.24, 2.45) is 0 Å². The minimum absolute atomic E-state index is 0.201. The number of anilines is 3. The number of nitrogens with zero attached hydrogens (tertiary/aromatic N) is 7. The molecule has 0 atom stereocenters. The van der Waals surface area contributed by atoms with Gasteiger partial charge in [0.05, 0.1) is 24.4 Å². The van der Waals surface area contributed by atoms with E-state index >= 15 is 0 Å². The molecule has 0 amide bonds. The van der Waals surface area contributed by atoms with E-state index in [1.54, 1.807) is 38.0 Å². The van der Waals surface area contributed by atoms with Gasteiger partial charge < -0.3 is 19.1 Å². The molecular formula is C24H25N7O4S. The lowest BCUT2D eigenvalue weighted by atomic mass is 9.93. The van der Waals surface area contributed by atoms with Gasteiger partial charge in [0.1, 0.15) is 17.5 Å². The van der Waals surface area contributed by atoms with Crippen LogP contribution in [0.15, 0.2) is 46.3 Å². The topological polar surface area (TPSA) is 127 Å². The van der Waals surface area contributed by atoms with Gasteiger partial charge in [0.2, 0.25) is 11.5 Å². The van der Waals surface area contributed by atoms with Crippen molar-refractivity contribution in [1.29, 1.82) is 0 Å². The summed E-state index contributed by atoms with van der Waals surface area (Å²) < 4.78 is 34.9. The molecule has 0 N–H and O–H groups in total. The maximum absolute atomic E-state index is 12.0. The van der Waals surface area contributed by atoms with Gasteiger partial charge in [-0.15, -0.1) is 0 Å². The van der Waals surface area contributed by atoms with E-state index in [0.29, 0.717) is 34.5 Å². The molecule has 2 aliphatic heterocycles. The zero-order valence-electron chi connectivity index (χ0n) is 20.0. The molecule has 11 nitrogen and oxygen atoms in total. The molecule has 0 saturated carbocycles. The van der Waals surface area contributed by atoms with Gasteiger partial charge in [-0.25, -0.2) is 28.4 Å². The van der Waals surface area contributed by atoms with Crippen LogP contribution >= 0.6 is 0 Å². The lowest BCUT2D eigenvalue weighted by molar-refractivity contribution is 0.408. The third-order valence-electron chi connectivity index (χ3n) is 6.91. The van der Waals surface area contributed by atoms with Crippen LogP contribution in [0.5, 0.6) is 5.75 Å². The Kier molecular flexibility index (Phi) is 5.47. The number of benzene rings is 1. The van der Waals surface area contributed by atoms with Crippen LogP contribution in [0.25, 0.3) is 11.1 Å². The zero-order chi connectivity index (χ0) is 24.9. The average Bonchev–Trinajstić information content (AvgIpc) is 3.52. The summed E-state index contributed by atoms with van der Waals surface area (Å²) in [4.78, 5) is 22.4. The van der Waals surface area contributed by atoms with Crippen LogP contribution in [0.3, 0.4) is 0 Å². The predicted octanol–water partition coefficient (Wildman–Crippen LogP) is 2.90. The van der Waals surface area contributed by atoms with Crippen molar-refractivity contribution >= 4 is 38.4 Å². The van der Waals surface area contributed by atoms with Gasteiger partial charge in [0.15, 0.2) is 21.4 Å². The second-order valence-electron chi connectivity index (χ2n) is 9.09. The smallest absolute Gasteiger partial charge is 0.228 e. The fourth-order valence-corrected chi connectivity index (χ4v) is 5.66. The Labute approximate surface area is 208 Å². The van der Waals surface area contributed by atoms with Gasteiger partial charge in [0.25, 0.3) is 0 Å². The first-order chi connectivity index (χ1) is 17.4. The van der Waals surface area contributed by atoms with Crippen molar-refractivity contribution < 1.29 is 17.7 Å². The van der Waals surface area contributed by atoms with Gasteiger partial charge in [-0.1, -0.05) is 5.16 Å². The molecule has 0 bridgehead atoms. The van der Waals surface area contributed by atoms with E-state index in [2.05, 4.69) is 30.0 Å². The van der Waals surface area contributed by atoms with E-state index in [1.165, 1.54) is 6.26 Å². The Morgan fingerprint density at radius 3 is 2.56 bits per heavy atom. The first kappa shape index (κ1) is 22.7. The Morgan fingerprint density at radius 1 is 1.06 bits per heavy atom. The van der Waals surface area contributed by atoms with Crippen LogP contribution in [0.1, 0.15) is 30.0 Å². The highest BCUT2D eigenvalue weighted by molar-refractivity contribution is 7.90. The molecular weight excluding hydrogens is 482 g/mol. The molecule has 3 aromatic heterocycles. The van der Waals surface area contributed by atoms with Crippen molar-refractivity contribution in [3.63, 3.8) is 0 Å². The normalized spacial score (nSPS) is 16.5. The van der Waals surface area contributed by atoms with Crippen LogP contribution in [0.2, 0.25) is 0 Å². The van der Waals surface area contributed by atoms with Crippen LogP contribution < -0.4 is 14.5 Å². The highest BCUT2D eigenvalue weighted by atomic mass is 32.2. The first-order valence-electron chi connectivity index (χ1n) is 11.7. The lowest BCUT2D eigenvalue weighted by Crippen LogP contribution is -2.34. The van der Waals surface area contributed by atoms with Gasteiger partial charge in [-0.05, 0) is 43.0 Å².